The molecule has 1 unspecified atom stereocenters. The molecule has 35 heavy (non-hydrogen) atoms. The summed E-state index contributed by atoms with van der Waals surface area (Å²) in [5, 5.41) is 8.84. The highest BCUT2D eigenvalue weighted by atomic mass is 35.5. The van der Waals surface area contributed by atoms with Crippen LogP contribution in [0.15, 0.2) is 45.9 Å². The second kappa shape index (κ2) is 9.36. The molecular formula is C26H28ClN5O3. The molecule has 9 heteroatoms. The molecule has 1 fully saturated rings. The molecule has 1 aliphatic heterocycles. The Labute approximate surface area is 208 Å². The summed E-state index contributed by atoms with van der Waals surface area (Å²) in [5.74, 6) is 1.33. The van der Waals surface area contributed by atoms with Gasteiger partial charge in [0.1, 0.15) is 16.5 Å². The Morgan fingerprint density at radius 2 is 1.94 bits per heavy atom. The average molecular weight is 494 g/mol. The van der Waals surface area contributed by atoms with Crippen molar-refractivity contribution in [2.24, 2.45) is 7.05 Å². The number of aryl methyl sites for hydroxylation is 2. The van der Waals surface area contributed by atoms with Crippen LogP contribution in [0.1, 0.15) is 29.7 Å². The maximum Gasteiger partial charge on any atom is 0.196 e. The zero-order valence-corrected chi connectivity index (χ0v) is 21.0. The van der Waals surface area contributed by atoms with Crippen LogP contribution in [0.25, 0.3) is 22.3 Å². The zero-order chi connectivity index (χ0) is 24.7. The van der Waals surface area contributed by atoms with Crippen molar-refractivity contribution in [2.45, 2.75) is 26.8 Å². The van der Waals surface area contributed by atoms with Crippen LogP contribution in [0, 0.1) is 13.8 Å². The molecule has 0 spiro atoms. The molecule has 3 aromatic heterocycles. The van der Waals surface area contributed by atoms with E-state index in [-0.39, 0.29) is 11.5 Å². The van der Waals surface area contributed by atoms with Crippen LogP contribution in [0.2, 0.25) is 5.15 Å². The molecule has 4 aromatic rings. The molecule has 1 N–H and O–H groups in total. The van der Waals surface area contributed by atoms with Crippen molar-refractivity contribution in [1.29, 1.82) is 0 Å². The number of rotatable bonds is 5. The van der Waals surface area contributed by atoms with Crippen LogP contribution in [0.5, 0.6) is 0 Å². The number of ether oxygens (including phenoxy) is 1. The minimum Gasteiger partial charge on any atom is -0.455 e. The number of fused-ring (bicyclic) bond motifs is 1. The number of nitrogens with zero attached hydrogens (tertiary/aromatic N) is 4. The van der Waals surface area contributed by atoms with E-state index in [0.717, 1.165) is 41.3 Å². The van der Waals surface area contributed by atoms with Gasteiger partial charge in [-0.3, -0.25) is 9.48 Å². The van der Waals surface area contributed by atoms with E-state index < -0.39 is 0 Å². The topological polar surface area (TPSA) is 85.4 Å². The molecule has 0 saturated carbocycles. The quantitative estimate of drug-likeness (QED) is 0.397. The number of hydrogen-bond acceptors (Lipinski definition) is 7. The molecule has 5 rings (SSSR count). The van der Waals surface area contributed by atoms with Crippen molar-refractivity contribution >= 4 is 34.1 Å². The molecule has 182 valence electrons. The monoisotopic (exact) mass is 493 g/mol. The van der Waals surface area contributed by atoms with Gasteiger partial charge in [0.2, 0.25) is 0 Å². The van der Waals surface area contributed by atoms with E-state index in [0.29, 0.717) is 40.7 Å². The van der Waals surface area contributed by atoms with Gasteiger partial charge in [0.05, 0.1) is 42.1 Å². The van der Waals surface area contributed by atoms with E-state index in [4.69, 9.17) is 20.8 Å². The van der Waals surface area contributed by atoms with Crippen molar-refractivity contribution in [1.82, 2.24) is 14.8 Å². The van der Waals surface area contributed by atoms with Crippen molar-refractivity contribution in [2.75, 3.05) is 36.5 Å². The lowest BCUT2D eigenvalue weighted by atomic mass is 9.99. The second-order valence-electron chi connectivity index (χ2n) is 8.99. The molecular weight excluding hydrogens is 466 g/mol. The highest BCUT2D eigenvalue weighted by Gasteiger charge is 2.22. The first-order valence-corrected chi connectivity index (χ1v) is 12.0. The molecule has 1 aromatic carbocycles. The van der Waals surface area contributed by atoms with E-state index in [9.17, 15) is 4.79 Å². The van der Waals surface area contributed by atoms with Gasteiger partial charge in [0.15, 0.2) is 11.2 Å². The zero-order valence-electron chi connectivity index (χ0n) is 20.3. The first-order chi connectivity index (χ1) is 16.8. The van der Waals surface area contributed by atoms with Crippen LogP contribution in [0.3, 0.4) is 0 Å². The van der Waals surface area contributed by atoms with Crippen LogP contribution < -0.4 is 15.6 Å². The third kappa shape index (κ3) is 4.51. The van der Waals surface area contributed by atoms with Crippen LogP contribution in [-0.4, -0.2) is 41.1 Å². The lowest BCUT2D eigenvalue weighted by molar-refractivity contribution is 0.122. The number of halogens is 1. The second-order valence-corrected chi connectivity index (χ2v) is 9.38. The Hall–Kier alpha value is -3.36. The number of aromatic nitrogens is 3. The molecule has 0 radical (unpaired) electrons. The van der Waals surface area contributed by atoms with Crippen molar-refractivity contribution in [3.8, 4) is 11.3 Å². The fraction of sp³-hybridized carbons (Fsp3) is 0.346. The molecule has 0 bridgehead atoms. The van der Waals surface area contributed by atoms with Gasteiger partial charge in [-0.15, -0.1) is 0 Å². The minimum atomic E-state index is -0.173. The summed E-state index contributed by atoms with van der Waals surface area (Å²) in [6, 6.07) is 7.49. The van der Waals surface area contributed by atoms with E-state index in [1.165, 1.54) is 0 Å². The van der Waals surface area contributed by atoms with Gasteiger partial charge < -0.3 is 19.4 Å². The van der Waals surface area contributed by atoms with Gasteiger partial charge in [-0.25, -0.2) is 4.98 Å². The molecule has 1 aliphatic rings. The highest BCUT2D eigenvalue weighted by Crippen LogP contribution is 2.34. The average Bonchev–Trinajstić information content (AvgIpc) is 3.28. The first-order valence-electron chi connectivity index (χ1n) is 11.6. The summed E-state index contributed by atoms with van der Waals surface area (Å²) < 4.78 is 13.6. The number of benzene rings is 1. The van der Waals surface area contributed by atoms with Crippen LogP contribution in [0.4, 0.5) is 11.5 Å². The summed E-state index contributed by atoms with van der Waals surface area (Å²) in [7, 11) is 1.84. The van der Waals surface area contributed by atoms with E-state index in [2.05, 4.69) is 33.3 Å². The summed E-state index contributed by atoms with van der Waals surface area (Å²) in [6.45, 7) is 8.61. The lowest BCUT2D eigenvalue weighted by Gasteiger charge is -2.30. The minimum absolute atomic E-state index is 0.0376. The Morgan fingerprint density at radius 1 is 1.17 bits per heavy atom. The van der Waals surface area contributed by atoms with Crippen molar-refractivity contribution < 1.29 is 9.15 Å². The number of hydrogen-bond donors (Lipinski definition) is 1. The summed E-state index contributed by atoms with van der Waals surface area (Å²) >= 11 is 6.24. The smallest absolute Gasteiger partial charge is 0.196 e. The molecule has 0 amide bonds. The SMILES string of the molecule is Cc1cc(C(C)Nc2ccc(Cl)nc2N2CCOCC2)c2oc(-c3cnn(C)c3)c(C)c(=O)c2c1. The molecule has 1 atom stereocenters. The summed E-state index contributed by atoms with van der Waals surface area (Å²) in [4.78, 5) is 20.1. The standard InChI is InChI=1S/C26H28ClN5O3/c1-15-11-19(17(3)29-21-5-6-22(27)30-26(21)32-7-9-34-10-8-32)25-20(12-15)23(33)16(2)24(35-25)18-13-28-31(4)14-18/h5-6,11-14,17,29H,7-10H2,1-4H3. The Morgan fingerprint density at radius 3 is 2.66 bits per heavy atom. The lowest BCUT2D eigenvalue weighted by Crippen LogP contribution is -2.37. The van der Waals surface area contributed by atoms with E-state index in [1.54, 1.807) is 23.9 Å². The Bertz CT molecular complexity index is 1460. The summed E-state index contributed by atoms with van der Waals surface area (Å²) in [5.41, 5.74) is 4.62. The summed E-state index contributed by atoms with van der Waals surface area (Å²) in [6.07, 6.45) is 3.56. The maximum atomic E-state index is 13.4. The number of nitrogens with one attached hydrogen (secondary N) is 1. The van der Waals surface area contributed by atoms with Gasteiger partial charge in [0, 0.05) is 37.5 Å². The fourth-order valence-electron chi connectivity index (χ4n) is 4.57. The molecule has 1 saturated heterocycles. The van der Waals surface area contributed by atoms with Crippen molar-refractivity contribution in [3.63, 3.8) is 0 Å². The number of pyridine rings is 1. The largest absolute Gasteiger partial charge is 0.455 e. The third-order valence-electron chi connectivity index (χ3n) is 6.35. The van der Waals surface area contributed by atoms with Crippen LogP contribution >= 0.6 is 11.6 Å². The maximum absolute atomic E-state index is 13.4. The van der Waals surface area contributed by atoms with E-state index in [1.807, 2.05) is 32.3 Å². The predicted octanol–water partition coefficient (Wildman–Crippen LogP) is 4.87. The van der Waals surface area contributed by atoms with Gasteiger partial charge in [-0.05, 0) is 44.5 Å². The first kappa shape index (κ1) is 23.4. The number of anilines is 2. The molecule has 8 nitrogen and oxygen atoms in total. The molecule has 4 heterocycles. The molecule has 0 aliphatic carbocycles. The Kier molecular flexibility index (Phi) is 6.25. The Balaban J connectivity index is 1.60. The third-order valence-corrected chi connectivity index (χ3v) is 6.56. The fourth-order valence-corrected chi connectivity index (χ4v) is 4.71. The van der Waals surface area contributed by atoms with Gasteiger partial charge in [0.25, 0.3) is 0 Å². The van der Waals surface area contributed by atoms with Gasteiger partial charge in [-0.1, -0.05) is 17.7 Å². The van der Waals surface area contributed by atoms with Gasteiger partial charge >= 0.3 is 0 Å². The predicted molar refractivity (Wildman–Crippen MR) is 138 cm³/mol. The van der Waals surface area contributed by atoms with Crippen molar-refractivity contribution in [3.05, 3.63) is 68.7 Å². The van der Waals surface area contributed by atoms with E-state index >= 15 is 0 Å². The number of morpholine rings is 1. The highest BCUT2D eigenvalue weighted by molar-refractivity contribution is 6.29. The normalized spacial score (nSPS) is 14.9. The van der Waals surface area contributed by atoms with Crippen LogP contribution in [-0.2, 0) is 11.8 Å². The van der Waals surface area contributed by atoms with Gasteiger partial charge in [-0.2, -0.15) is 5.10 Å².